The number of hydrogen-bond donors (Lipinski definition) is 2. The highest BCUT2D eigenvalue weighted by atomic mass is 19.1. The van der Waals surface area contributed by atoms with Gasteiger partial charge in [-0.05, 0) is 59.6 Å². The van der Waals surface area contributed by atoms with Crippen molar-refractivity contribution in [2.45, 2.75) is 58.2 Å². The van der Waals surface area contributed by atoms with E-state index in [-0.39, 0.29) is 24.2 Å². The highest BCUT2D eigenvalue weighted by Gasteiger charge is 2.33. The number of benzene rings is 2. The van der Waals surface area contributed by atoms with Crippen LogP contribution in [0.15, 0.2) is 60.4 Å². The number of nitrogens with one attached hydrogen (secondary N) is 1. The van der Waals surface area contributed by atoms with E-state index in [9.17, 15) is 14.3 Å². The Hall–Kier alpha value is -2.70. The molecule has 1 aliphatic heterocycles. The zero-order valence-electron chi connectivity index (χ0n) is 18.1. The Morgan fingerprint density at radius 2 is 1.69 bits per heavy atom. The number of halogens is 1. The Morgan fingerprint density at radius 1 is 1.03 bits per heavy atom. The molecular formula is C26H30FNO4. The molecule has 0 saturated heterocycles. The Balaban J connectivity index is 1.39. The average Bonchev–Trinajstić information content (AvgIpc) is 3.37. The van der Waals surface area contributed by atoms with Crippen molar-refractivity contribution in [3.05, 3.63) is 82.9 Å². The quantitative estimate of drug-likeness (QED) is 0.632. The molecule has 170 valence electrons. The summed E-state index contributed by atoms with van der Waals surface area (Å²) in [6.45, 7) is 0.687. The molecule has 2 aromatic carbocycles. The highest BCUT2D eigenvalue weighted by Crippen LogP contribution is 2.38. The molecule has 1 fully saturated rings. The van der Waals surface area contributed by atoms with Gasteiger partial charge in [-0.1, -0.05) is 49.2 Å². The first-order chi connectivity index (χ1) is 15.6. The molecule has 2 aromatic rings. The monoisotopic (exact) mass is 439 g/mol. The fourth-order valence-electron chi connectivity index (χ4n) is 4.46. The number of rotatable bonds is 8. The van der Waals surface area contributed by atoms with E-state index in [4.69, 9.17) is 9.47 Å². The number of aliphatic hydroxyl groups excluding tert-OH is 1. The summed E-state index contributed by atoms with van der Waals surface area (Å²) in [7, 11) is 0. The smallest absolute Gasteiger partial charge is 0.286 e. The van der Waals surface area contributed by atoms with Gasteiger partial charge < -0.3 is 19.9 Å². The Labute approximate surface area is 188 Å². The van der Waals surface area contributed by atoms with Gasteiger partial charge in [0.2, 0.25) is 6.29 Å². The lowest BCUT2D eigenvalue weighted by atomic mass is 9.86. The van der Waals surface area contributed by atoms with Gasteiger partial charge in [0, 0.05) is 13.0 Å². The normalized spacial score (nSPS) is 21.1. The van der Waals surface area contributed by atoms with Crippen LogP contribution in [0.1, 0.15) is 48.8 Å². The summed E-state index contributed by atoms with van der Waals surface area (Å²) < 4.78 is 25.1. The summed E-state index contributed by atoms with van der Waals surface area (Å²) in [6.07, 6.45) is 6.99. The molecule has 1 heterocycles. The fraction of sp³-hybridized carbons (Fsp3) is 0.423. The van der Waals surface area contributed by atoms with E-state index >= 15 is 0 Å². The maximum Gasteiger partial charge on any atom is 0.286 e. The summed E-state index contributed by atoms with van der Waals surface area (Å²) >= 11 is 0. The van der Waals surface area contributed by atoms with Crippen LogP contribution in [0.25, 0.3) is 0 Å². The SMILES string of the molecule is O=C(NCc1ccc(F)cc1)C1=C[C@@H](C2CCCC2)C[C@@H](OCc2ccc(CO)cc2)O1. The molecule has 6 heteroatoms. The second-order valence-corrected chi connectivity index (χ2v) is 8.62. The molecule has 1 saturated carbocycles. The number of aliphatic hydroxyl groups is 1. The van der Waals surface area contributed by atoms with Gasteiger partial charge >= 0.3 is 0 Å². The third-order valence-electron chi connectivity index (χ3n) is 6.33. The zero-order chi connectivity index (χ0) is 22.3. The number of carbonyl (C=O) groups is 1. The highest BCUT2D eigenvalue weighted by molar-refractivity contribution is 5.91. The van der Waals surface area contributed by atoms with Crippen LogP contribution in [0.3, 0.4) is 0 Å². The van der Waals surface area contributed by atoms with Crippen LogP contribution in [0.2, 0.25) is 0 Å². The van der Waals surface area contributed by atoms with Crippen molar-refractivity contribution in [1.29, 1.82) is 0 Å². The van der Waals surface area contributed by atoms with Gasteiger partial charge in [-0.2, -0.15) is 0 Å². The first-order valence-electron chi connectivity index (χ1n) is 11.3. The molecule has 5 nitrogen and oxygen atoms in total. The molecule has 32 heavy (non-hydrogen) atoms. The van der Waals surface area contributed by atoms with Crippen molar-refractivity contribution in [1.82, 2.24) is 5.32 Å². The molecule has 0 bridgehead atoms. The predicted molar refractivity (Wildman–Crippen MR) is 118 cm³/mol. The molecule has 1 aliphatic carbocycles. The van der Waals surface area contributed by atoms with E-state index in [1.54, 1.807) is 12.1 Å². The van der Waals surface area contributed by atoms with E-state index in [2.05, 4.69) is 5.32 Å². The van der Waals surface area contributed by atoms with Crippen molar-refractivity contribution in [3.8, 4) is 0 Å². The fourth-order valence-corrected chi connectivity index (χ4v) is 4.46. The van der Waals surface area contributed by atoms with Gasteiger partial charge in [-0.15, -0.1) is 0 Å². The number of hydrogen-bond acceptors (Lipinski definition) is 4. The van der Waals surface area contributed by atoms with E-state index in [1.165, 1.54) is 37.8 Å². The summed E-state index contributed by atoms with van der Waals surface area (Å²) in [5.74, 6) is 0.519. The van der Waals surface area contributed by atoms with Gasteiger partial charge in [0.15, 0.2) is 5.76 Å². The minimum absolute atomic E-state index is 0.0110. The molecule has 4 rings (SSSR count). The lowest BCUT2D eigenvalue weighted by molar-refractivity contribution is -0.155. The van der Waals surface area contributed by atoms with Crippen LogP contribution in [-0.2, 0) is 34.0 Å². The van der Waals surface area contributed by atoms with Crippen LogP contribution >= 0.6 is 0 Å². The van der Waals surface area contributed by atoms with E-state index in [0.29, 0.717) is 24.8 Å². The molecule has 2 aliphatic rings. The number of ether oxygens (including phenoxy) is 2. The van der Waals surface area contributed by atoms with E-state index < -0.39 is 6.29 Å². The first-order valence-corrected chi connectivity index (χ1v) is 11.3. The topological polar surface area (TPSA) is 67.8 Å². The molecule has 1 amide bonds. The largest absolute Gasteiger partial charge is 0.459 e. The summed E-state index contributed by atoms with van der Waals surface area (Å²) in [5.41, 5.74) is 2.66. The average molecular weight is 440 g/mol. The van der Waals surface area contributed by atoms with Crippen molar-refractivity contribution in [3.63, 3.8) is 0 Å². The zero-order valence-corrected chi connectivity index (χ0v) is 18.1. The molecule has 2 N–H and O–H groups in total. The lowest BCUT2D eigenvalue weighted by Crippen LogP contribution is -2.34. The van der Waals surface area contributed by atoms with Crippen LogP contribution in [0.5, 0.6) is 0 Å². The number of allylic oxidation sites excluding steroid dienone is 1. The van der Waals surface area contributed by atoms with Crippen molar-refractivity contribution in [2.75, 3.05) is 0 Å². The van der Waals surface area contributed by atoms with E-state index in [1.807, 2.05) is 30.3 Å². The maximum absolute atomic E-state index is 13.1. The minimum Gasteiger partial charge on any atom is -0.459 e. The van der Waals surface area contributed by atoms with Gasteiger partial charge in [0.25, 0.3) is 5.91 Å². The Bertz CT molecular complexity index is 920. The van der Waals surface area contributed by atoms with Gasteiger partial charge in [0.05, 0.1) is 13.2 Å². The van der Waals surface area contributed by atoms with Gasteiger partial charge in [-0.25, -0.2) is 4.39 Å². The van der Waals surface area contributed by atoms with Crippen molar-refractivity contribution >= 4 is 5.91 Å². The third-order valence-corrected chi connectivity index (χ3v) is 6.33. The van der Waals surface area contributed by atoms with Crippen LogP contribution in [0, 0.1) is 17.7 Å². The molecule has 2 atom stereocenters. The Morgan fingerprint density at radius 3 is 2.38 bits per heavy atom. The third kappa shape index (κ3) is 5.96. The van der Waals surface area contributed by atoms with Crippen LogP contribution in [0.4, 0.5) is 4.39 Å². The molecular weight excluding hydrogens is 409 g/mol. The van der Waals surface area contributed by atoms with Gasteiger partial charge in [0.1, 0.15) is 5.82 Å². The maximum atomic E-state index is 13.1. The summed E-state index contributed by atoms with van der Waals surface area (Å²) in [5, 5.41) is 12.1. The number of carbonyl (C=O) groups excluding carboxylic acids is 1. The second kappa shape index (κ2) is 10.7. The molecule has 0 radical (unpaired) electrons. The molecule has 0 unspecified atom stereocenters. The number of amides is 1. The first kappa shape index (κ1) is 22.5. The summed E-state index contributed by atoms with van der Waals surface area (Å²) in [6, 6.07) is 13.7. The predicted octanol–water partition coefficient (Wildman–Crippen LogP) is 4.59. The van der Waals surface area contributed by atoms with Crippen LogP contribution < -0.4 is 5.32 Å². The molecule has 0 aromatic heterocycles. The summed E-state index contributed by atoms with van der Waals surface area (Å²) in [4.78, 5) is 12.8. The van der Waals surface area contributed by atoms with Crippen molar-refractivity contribution in [2.24, 2.45) is 11.8 Å². The van der Waals surface area contributed by atoms with Crippen molar-refractivity contribution < 1.29 is 23.8 Å². The lowest BCUT2D eigenvalue weighted by Gasteiger charge is -2.32. The minimum atomic E-state index is -0.491. The molecule has 0 spiro atoms. The van der Waals surface area contributed by atoms with Crippen LogP contribution in [-0.4, -0.2) is 17.3 Å². The van der Waals surface area contributed by atoms with E-state index in [0.717, 1.165) is 23.1 Å². The van der Waals surface area contributed by atoms with Gasteiger partial charge in [-0.3, -0.25) is 4.79 Å². The standard InChI is InChI=1S/C26H30FNO4/c27-23-11-9-18(10-12-23)15-28-26(30)24-13-22(21-3-1-2-4-21)14-25(32-24)31-17-20-7-5-19(16-29)6-8-20/h5-13,21-22,25,29H,1-4,14-17H2,(H,28,30)/t22-,25+/m1/s1. The second-order valence-electron chi connectivity index (χ2n) is 8.62. The Kier molecular flexibility index (Phi) is 7.55.